The first-order valence-corrected chi connectivity index (χ1v) is 14.0. The van der Waals surface area contributed by atoms with Gasteiger partial charge in [-0.15, -0.1) is 0 Å². The van der Waals surface area contributed by atoms with Gasteiger partial charge < -0.3 is 19.3 Å². The first-order valence-electron chi connectivity index (χ1n) is 12.8. The van der Waals surface area contributed by atoms with E-state index in [2.05, 4.69) is 34.9 Å². The number of anilines is 1. The fraction of sp³-hybridized carbons (Fsp3) is 0.393. The second kappa shape index (κ2) is 9.87. The molecule has 0 amide bonds. The van der Waals surface area contributed by atoms with E-state index in [9.17, 15) is 9.90 Å². The molecule has 0 radical (unpaired) electrons. The van der Waals surface area contributed by atoms with Crippen LogP contribution in [0.3, 0.4) is 0 Å². The SMILES string of the molecule is COc1cc(C(=O)O)cc2sc(N3CCN(Cc4c(-c5c(C)cccc5Cl)noc4C4CC4)CC3C)nc12. The van der Waals surface area contributed by atoms with E-state index in [1.165, 1.54) is 17.4 Å². The van der Waals surface area contributed by atoms with Crippen LogP contribution in [-0.4, -0.2) is 58.9 Å². The zero-order chi connectivity index (χ0) is 26.6. The van der Waals surface area contributed by atoms with Crippen LogP contribution in [0.15, 0.2) is 34.9 Å². The number of methoxy groups -OCH3 is 1. The van der Waals surface area contributed by atoms with E-state index in [4.69, 9.17) is 25.8 Å². The molecule has 10 heteroatoms. The van der Waals surface area contributed by atoms with Crippen LogP contribution in [0, 0.1) is 6.92 Å². The Hall–Kier alpha value is -3.14. The van der Waals surface area contributed by atoms with Crippen molar-refractivity contribution in [2.45, 2.75) is 45.2 Å². The third-order valence-electron chi connectivity index (χ3n) is 7.48. The average Bonchev–Trinajstić information content (AvgIpc) is 3.51. The number of rotatable bonds is 7. The smallest absolute Gasteiger partial charge is 0.335 e. The van der Waals surface area contributed by atoms with E-state index < -0.39 is 5.97 Å². The Morgan fingerprint density at radius 3 is 2.79 bits per heavy atom. The number of aromatic carboxylic acids is 1. The van der Waals surface area contributed by atoms with Crippen LogP contribution in [0.5, 0.6) is 5.75 Å². The fourth-order valence-electron chi connectivity index (χ4n) is 5.34. The minimum absolute atomic E-state index is 0.201. The van der Waals surface area contributed by atoms with Gasteiger partial charge in [-0.2, -0.15) is 0 Å². The van der Waals surface area contributed by atoms with Gasteiger partial charge in [-0.05, 0) is 50.5 Å². The Morgan fingerprint density at radius 2 is 2.11 bits per heavy atom. The molecule has 6 rings (SSSR count). The highest BCUT2D eigenvalue weighted by molar-refractivity contribution is 7.22. The lowest BCUT2D eigenvalue weighted by Crippen LogP contribution is -2.51. The van der Waals surface area contributed by atoms with E-state index in [0.29, 0.717) is 22.2 Å². The quantitative estimate of drug-likeness (QED) is 0.289. The zero-order valence-corrected chi connectivity index (χ0v) is 23.1. The molecule has 1 saturated heterocycles. The van der Waals surface area contributed by atoms with Gasteiger partial charge in [-0.3, -0.25) is 4.90 Å². The number of carbonyl (C=O) groups is 1. The minimum atomic E-state index is -0.979. The van der Waals surface area contributed by atoms with Crippen LogP contribution in [0.1, 0.15) is 52.9 Å². The number of ether oxygens (including phenoxy) is 1. The zero-order valence-electron chi connectivity index (χ0n) is 21.5. The molecule has 2 aromatic carbocycles. The predicted molar refractivity (Wildman–Crippen MR) is 149 cm³/mol. The second-order valence-corrected chi connectivity index (χ2v) is 11.6. The molecule has 198 valence electrons. The van der Waals surface area contributed by atoms with E-state index in [1.807, 2.05) is 12.1 Å². The van der Waals surface area contributed by atoms with E-state index >= 15 is 0 Å². The topological polar surface area (TPSA) is 91.9 Å². The maximum Gasteiger partial charge on any atom is 0.335 e. The first-order chi connectivity index (χ1) is 18.3. The van der Waals surface area contributed by atoms with Crippen molar-refractivity contribution in [3.63, 3.8) is 0 Å². The predicted octanol–water partition coefficient (Wildman–Crippen LogP) is 6.21. The van der Waals surface area contributed by atoms with Crippen LogP contribution in [-0.2, 0) is 6.54 Å². The summed E-state index contributed by atoms with van der Waals surface area (Å²) in [4.78, 5) is 21.2. The van der Waals surface area contributed by atoms with Gasteiger partial charge in [0.2, 0.25) is 0 Å². The Morgan fingerprint density at radius 1 is 1.29 bits per heavy atom. The number of nitrogens with zero attached hydrogens (tertiary/aromatic N) is 4. The van der Waals surface area contributed by atoms with Crippen LogP contribution >= 0.6 is 22.9 Å². The number of hydrogen-bond acceptors (Lipinski definition) is 8. The van der Waals surface area contributed by atoms with Gasteiger partial charge in [0.25, 0.3) is 0 Å². The van der Waals surface area contributed by atoms with Crippen molar-refractivity contribution in [2.75, 3.05) is 31.6 Å². The summed E-state index contributed by atoms with van der Waals surface area (Å²) in [5.41, 5.74) is 4.95. The number of thiazole rings is 1. The van der Waals surface area contributed by atoms with Crippen molar-refractivity contribution in [1.82, 2.24) is 15.0 Å². The molecule has 1 N–H and O–H groups in total. The summed E-state index contributed by atoms with van der Waals surface area (Å²) in [6.45, 7) is 7.52. The number of piperazine rings is 1. The standard InChI is InChI=1S/C28H29ClN4O4S/c1-15-5-4-6-20(29)23(15)24-19(26(37-31-24)17-7-8-17)14-32-9-10-33(16(2)13-32)28-30-25-21(36-3)11-18(27(34)35)12-22(25)38-28/h4-6,11-12,16-17H,7-10,13-14H2,1-3H3,(H,34,35). The molecule has 4 aromatic rings. The Kier molecular flexibility index (Phi) is 6.53. The molecular formula is C28H29ClN4O4S. The summed E-state index contributed by atoms with van der Waals surface area (Å²) < 4.78 is 12.2. The van der Waals surface area contributed by atoms with Crippen molar-refractivity contribution in [2.24, 2.45) is 0 Å². The minimum Gasteiger partial charge on any atom is -0.494 e. The Labute approximate surface area is 229 Å². The molecule has 1 unspecified atom stereocenters. The number of aromatic nitrogens is 2. The fourth-order valence-corrected chi connectivity index (χ4v) is 6.80. The molecule has 1 atom stereocenters. The summed E-state index contributed by atoms with van der Waals surface area (Å²) >= 11 is 8.13. The van der Waals surface area contributed by atoms with Crippen molar-refractivity contribution in [3.05, 3.63) is 57.8 Å². The summed E-state index contributed by atoms with van der Waals surface area (Å²) in [7, 11) is 1.54. The van der Waals surface area contributed by atoms with Crippen molar-refractivity contribution in [1.29, 1.82) is 0 Å². The highest BCUT2D eigenvalue weighted by Crippen LogP contribution is 2.46. The van der Waals surface area contributed by atoms with Gasteiger partial charge in [-0.1, -0.05) is 40.2 Å². The number of halogens is 1. The molecule has 0 spiro atoms. The van der Waals surface area contributed by atoms with E-state index in [0.717, 1.165) is 77.0 Å². The highest BCUT2D eigenvalue weighted by atomic mass is 35.5. The lowest BCUT2D eigenvalue weighted by Gasteiger charge is -2.39. The van der Waals surface area contributed by atoms with Crippen LogP contribution < -0.4 is 9.64 Å². The van der Waals surface area contributed by atoms with Crippen LogP contribution in [0.25, 0.3) is 21.5 Å². The molecule has 0 bridgehead atoms. The average molecular weight is 553 g/mol. The van der Waals surface area contributed by atoms with Gasteiger partial charge in [0.05, 0.1) is 22.4 Å². The number of carboxylic acid groups (broad SMARTS) is 1. The van der Waals surface area contributed by atoms with Gasteiger partial charge >= 0.3 is 5.97 Å². The van der Waals surface area contributed by atoms with Crippen molar-refractivity contribution >= 4 is 44.3 Å². The number of fused-ring (bicyclic) bond motifs is 1. The molecule has 1 saturated carbocycles. The molecule has 8 nitrogen and oxygen atoms in total. The van der Waals surface area contributed by atoms with Gasteiger partial charge in [0.15, 0.2) is 5.13 Å². The Bertz CT molecular complexity index is 1510. The molecule has 2 aromatic heterocycles. The number of aryl methyl sites for hydroxylation is 1. The number of carboxylic acids is 1. The second-order valence-electron chi connectivity index (χ2n) is 10.2. The molecule has 1 aliphatic carbocycles. The van der Waals surface area contributed by atoms with Crippen molar-refractivity contribution in [3.8, 4) is 17.0 Å². The largest absolute Gasteiger partial charge is 0.494 e. The van der Waals surface area contributed by atoms with Crippen LogP contribution in [0.2, 0.25) is 5.02 Å². The van der Waals surface area contributed by atoms with Crippen LogP contribution in [0.4, 0.5) is 5.13 Å². The van der Waals surface area contributed by atoms with E-state index in [-0.39, 0.29) is 11.6 Å². The third-order valence-corrected chi connectivity index (χ3v) is 8.83. The normalized spacial score (nSPS) is 18.3. The lowest BCUT2D eigenvalue weighted by atomic mass is 9.99. The van der Waals surface area contributed by atoms with E-state index in [1.54, 1.807) is 13.2 Å². The van der Waals surface area contributed by atoms with Gasteiger partial charge in [-0.25, -0.2) is 9.78 Å². The maximum absolute atomic E-state index is 11.6. The number of hydrogen-bond donors (Lipinski definition) is 1. The summed E-state index contributed by atoms with van der Waals surface area (Å²) in [5, 5.41) is 15.6. The molecular weight excluding hydrogens is 524 g/mol. The molecule has 2 fully saturated rings. The summed E-state index contributed by atoms with van der Waals surface area (Å²) in [6, 6.07) is 9.35. The molecule has 2 aliphatic rings. The lowest BCUT2D eigenvalue weighted by molar-refractivity contribution is 0.0696. The van der Waals surface area contributed by atoms with Gasteiger partial charge in [0.1, 0.15) is 22.7 Å². The Balaban J connectivity index is 1.25. The third kappa shape index (κ3) is 4.52. The monoisotopic (exact) mass is 552 g/mol. The number of benzene rings is 2. The summed E-state index contributed by atoms with van der Waals surface area (Å²) in [6.07, 6.45) is 2.27. The highest BCUT2D eigenvalue weighted by Gasteiger charge is 2.35. The molecule has 1 aliphatic heterocycles. The summed E-state index contributed by atoms with van der Waals surface area (Å²) in [5.74, 6) is 0.951. The first kappa shape index (κ1) is 25.2. The van der Waals surface area contributed by atoms with Gasteiger partial charge in [0, 0.05) is 49.3 Å². The molecule has 38 heavy (non-hydrogen) atoms. The maximum atomic E-state index is 11.6. The molecule has 3 heterocycles. The van der Waals surface area contributed by atoms with Crippen molar-refractivity contribution < 1.29 is 19.2 Å².